The van der Waals surface area contributed by atoms with Crippen LogP contribution < -0.4 is 14.8 Å². The second-order valence-corrected chi connectivity index (χ2v) is 10.9. The Balaban J connectivity index is 0.000000342. The van der Waals surface area contributed by atoms with Gasteiger partial charge in [0.05, 0.1) is 32.9 Å². The van der Waals surface area contributed by atoms with Gasteiger partial charge in [0.2, 0.25) is 0 Å². The van der Waals surface area contributed by atoms with Crippen LogP contribution in [0.4, 0.5) is 4.79 Å². The van der Waals surface area contributed by atoms with Crippen molar-refractivity contribution in [3.63, 3.8) is 0 Å². The Morgan fingerprint density at radius 1 is 1.12 bits per heavy atom. The standard InChI is InChI=1S/C22H31N3O4.C10H14O/c1-15-11-19-22(5-7-23-8-6-22)25(9-10-27-2)21(26)24(19)14-16-12-17(28-3)13-18(29-4)20(15)16;1-8(2)5-10(7-11)6-9(3)4/h11-13,15,23H,5-10,14H2,1-4H3;5-7H,1H2,2-4H3/b;10-5+/t15-;/m0./s1. The highest BCUT2D eigenvalue weighted by atomic mass is 16.5. The van der Waals surface area contributed by atoms with Crippen LogP contribution in [0.1, 0.15) is 57.6 Å². The van der Waals surface area contributed by atoms with E-state index in [1.54, 1.807) is 27.4 Å². The lowest BCUT2D eigenvalue weighted by Gasteiger charge is -2.41. The van der Waals surface area contributed by atoms with E-state index in [0.717, 1.165) is 71.7 Å². The van der Waals surface area contributed by atoms with E-state index in [1.165, 1.54) is 0 Å². The van der Waals surface area contributed by atoms with E-state index in [9.17, 15) is 9.59 Å². The molecule has 3 aliphatic heterocycles. The van der Waals surface area contributed by atoms with Gasteiger partial charge in [0, 0.05) is 42.5 Å². The Morgan fingerprint density at radius 2 is 1.82 bits per heavy atom. The maximum atomic E-state index is 13.6. The normalized spacial score (nSPS) is 19.5. The summed E-state index contributed by atoms with van der Waals surface area (Å²) in [5.41, 5.74) is 5.76. The van der Waals surface area contributed by atoms with Crippen molar-refractivity contribution in [3.05, 3.63) is 70.5 Å². The summed E-state index contributed by atoms with van der Waals surface area (Å²) >= 11 is 0. The molecular weight excluding hydrogens is 506 g/mol. The molecule has 0 aliphatic carbocycles. The van der Waals surface area contributed by atoms with Crippen LogP contribution in [-0.4, -0.2) is 75.2 Å². The number of piperidine rings is 1. The van der Waals surface area contributed by atoms with Crippen LogP contribution in [0.2, 0.25) is 0 Å². The van der Waals surface area contributed by atoms with E-state index in [0.29, 0.717) is 25.3 Å². The molecule has 3 heterocycles. The quantitative estimate of drug-likeness (QED) is 0.266. The number of aldehydes is 1. The summed E-state index contributed by atoms with van der Waals surface area (Å²) in [5, 5.41) is 3.45. The first kappa shape index (κ1) is 31.2. The van der Waals surface area contributed by atoms with Crippen LogP contribution in [0.25, 0.3) is 0 Å². The summed E-state index contributed by atoms with van der Waals surface area (Å²) in [7, 11) is 5.03. The van der Waals surface area contributed by atoms with Gasteiger partial charge in [0.25, 0.3) is 0 Å². The lowest BCUT2D eigenvalue weighted by atomic mass is 9.82. The summed E-state index contributed by atoms with van der Waals surface area (Å²) < 4.78 is 16.5. The number of allylic oxidation sites excluding steroid dienone is 6. The van der Waals surface area contributed by atoms with Crippen LogP contribution in [0.3, 0.4) is 0 Å². The number of methoxy groups -OCH3 is 3. The zero-order valence-electron chi connectivity index (χ0n) is 25.1. The molecule has 1 aromatic carbocycles. The molecule has 1 atom stereocenters. The Labute approximate surface area is 239 Å². The molecule has 1 spiro atoms. The summed E-state index contributed by atoms with van der Waals surface area (Å²) in [6, 6.07) is 4.03. The number of benzene rings is 1. The third kappa shape index (κ3) is 6.67. The summed E-state index contributed by atoms with van der Waals surface area (Å²) in [5.74, 6) is 1.69. The van der Waals surface area contributed by atoms with Crippen molar-refractivity contribution in [3.8, 4) is 11.5 Å². The van der Waals surface area contributed by atoms with Crippen LogP contribution in [0.15, 0.2) is 59.4 Å². The number of rotatable bonds is 8. The molecule has 0 radical (unpaired) electrons. The topological polar surface area (TPSA) is 80.3 Å². The molecule has 218 valence electrons. The second kappa shape index (κ2) is 13.8. The van der Waals surface area contributed by atoms with Crippen molar-refractivity contribution in [1.29, 1.82) is 0 Å². The van der Waals surface area contributed by atoms with Gasteiger partial charge in [0.1, 0.15) is 17.8 Å². The monoisotopic (exact) mass is 551 g/mol. The fourth-order valence-corrected chi connectivity index (χ4v) is 5.89. The van der Waals surface area contributed by atoms with Gasteiger partial charge >= 0.3 is 6.03 Å². The number of fused-ring (bicyclic) bond motifs is 3. The number of hydrogen-bond donors (Lipinski definition) is 1. The molecule has 2 saturated heterocycles. The van der Waals surface area contributed by atoms with Gasteiger partial charge in [-0.05, 0) is 64.4 Å². The molecule has 40 heavy (non-hydrogen) atoms. The van der Waals surface area contributed by atoms with Gasteiger partial charge in [-0.2, -0.15) is 0 Å². The Hall–Kier alpha value is -3.36. The first-order chi connectivity index (χ1) is 19.1. The molecule has 0 unspecified atom stereocenters. The van der Waals surface area contributed by atoms with Crippen LogP contribution in [-0.2, 0) is 16.1 Å². The van der Waals surface area contributed by atoms with Crippen LogP contribution in [0.5, 0.6) is 11.5 Å². The maximum Gasteiger partial charge on any atom is 0.325 e. The lowest BCUT2D eigenvalue weighted by molar-refractivity contribution is -0.104. The molecule has 4 rings (SSSR count). The van der Waals surface area contributed by atoms with E-state index < -0.39 is 0 Å². The SMILES string of the molecule is C=C(C)/C=C(/C=O)C=C(C)C.COCCN1C(=O)N2Cc3cc(OC)cc(OC)c3[C@@H](C)C=C2C12CCNCC2. The van der Waals surface area contributed by atoms with Crippen molar-refractivity contribution >= 4 is 12.3 Å². The van der Waals surface area contributed by atoms with Crippen LogP contribution >= 0.6 is 0 Å². The van der Waals surface area contributed by atoms with Crippen molar-refractivity contribution in [2.45, 2.75) is 58.5 Å². The fourth-order valence-electron chi connectivity index (χ4n) is 5.89. The highest BCUT2D eigenvalue weighted by Gasteiger charge is 2.54. The third-order valence-electron chi connectivity index (χ3n) is 7.55. The Morgan fingerprint density at radius 3 is 2.38 bits per heavy atom. The molecule has 1 N–H and O–H groups in total. The zero-order valence-corrected chi connectivity index (χ0v) is 25.1. The van der Waals surface area contributed by atoms with E-state index in [1.807, 2.05) is 48.8 Å². The minimum Gasteiger partial charge on any atom is -0.497 e. The maximum absolute atomic E-state index is 13.6. The zero-order chi connectivity index (χ0) is 29.4. The molecule has 0 aromatic heterocycles. The first-order valence-corrected chi connectivity index (χ1v) is 13.8. The van der Waals surface area contributed by atoms with Crippen molar-refractivity contribution in [2.24, 2.45) is 0 Å². The molecule has 1 aromatic rings. The predicted molar refractivity (Wildman–Crippen MR) is 159 cm³/mol. The van der Waals surface area contributed by atoms with E-state index in [-0.39, 0.29) is 17.5 Å². The number of carbonyl (C=O) groups is 2. The minimum atomic E-state index is -0.269. The predicted octanol–water partition coefficient (Wildman–Crippen LogP) is 5.37. The Bertz CT molecular complexity index is 1190. The number of nitrogens with zero attached hydrogens (tertiary/aromatic N) is 2. The number of urea groups is 1. The highest BCUT2D eigenvalue weighted by molar-refractivity contribution is 5.83. The second-order valence-electron chi connectivity index (χ2n) is 10.9. The lowest BCUT2D eigenvalue weighted by Crippen LogP contribution is -2.53. The summed E-state index contributed by atoms with van der Waals surface area (Å²) in [4.78, 5) is 28.0. The molecular formula is C32H45N3O5. The number of hydrogen-bond acceptors (Lipinski definition) is 6. The molecule has 2 amide bonds. The van der Waals surface area contributed by atoms with E-state index in [2.05, 4.69) is 24.9 Å². The number of nitrogens with one attached hydrogen (secondary N) is 1. The highest BCUT2D eigenvalue weighted by Crippen LogP contribution is 2.48. The van der Waals surface area contributed by atoms with Gasteiger partial charge in [-0.1, -0.05) is 36.8 Å². The largest absolute Gasteiger partial charge is 0.497 e. The average Bonchev–Trinajstić information content (AvgIpc) is 3.03. The number of carbonyl (C=O) groups excluding carboxylic acids is 2. The molecule has 0 saturated carbocycles. The molecule has 8 nitrogen and oxygen atoms in total. The molecule has 3 aliphatic rings. The first-order valence-electron chi connectivity index (χ1n) is 13.8. The van der Waals surface area contributed by atoms with Crippen molar-refractivity contribution in [1.82, 2.24) is 15.1 Å². The molecule has 8 heteroatoms. The smallest absolute Gasteiger partial charge is 0.325 e. The van der Waals surface area contributed by atoms with Crippen molar-refractivity contribution < 1.29 is 23.8 Å². The number of ether oxygens (including phenoxy) is 3. The van der Waals surface area contributed by atoms with E-state index in [4.69, 9.17) is 14.2 Å². The average molecular weight is 552 g/mol. The fraction of sp³-hybridized carbons (Fsp3) is 0.500. The Kier molecular flexibility index (Phi) is 10.8. The van der Waals surface area contributed by atoms with Gasteiger partial charge in [0.15, 0.2) is 0 Å². The summed E-state index contributed by atoms with van der Waals surface area (Å²) in [6.45, 7) is 15.1. The van der Waals surface area contributed by atoms with Gasteiger partial charge in [-0.25, -0.2) is 4.79 Å². The van der Waals surface area contributed by atoms with Crippen molar-refractivity contribution in [2.75, 3.05) is 47.6 Å². The third-order valence-corrected chi connectivity index (χ3v) is 7.55. The van der Waals surface area contributed by atoms with Crippen LogP contribution in [0, 0.1) is 0 Å². The molecule has 0 bridgehead atoms. The van der Waals surface area contributed by atoms with E-state index >= 15 is 0 Å². The van der Waals surface area contributed by atoms with Gasteiger partial charge in [-0.3, -0.25) is 9.69 Å². The minimum absolute atomic E-state index is 0.0667. The van der Waals surface area contributed by atoms with Gasteiger partial charge < -0.3 is 24.4 Å². The summed E-state index contributed by atoms with van der Waals surface area (Å²) in [6.07, 6.45) is 8.53. The number of amides is 2. The van der Waals surface area contributed by atoms with Gasteiger partial charge in [-0.15, -0.1) is 0 Å². The molecule has 2 fully saturated rings.